The highest BCUT2D eigenvalue weighted by molar-refractivity contribution is 6.29. The van der Waals surface area contributed by atoms with Crippen LogP contribution >= 0.6 is 23.2 Å². The summed E-state index contributed by atoms with van der Waals surface area (Å²) < 4.78 is 0. The minimum absolute atomic E-state index is 0.0459. The Balaban J connectivity index is -0.000000121. The van der Waals surface area contributed by atoms with Crippen molar-refractivity contribution in [1.82, 2.24) is 4.90 Å². The van der Waals surface area contributed by atoms with Crippen LogP contribution in [0.15, 0.2) is 77.3 Å². The second-order valence-electron chi connectivity index (χ2n) is 7.50. The van der Waals surface area contributed by atoms with Gasteiger partial charge in [0, 0.05) is 10.6 Å². The maximum absolute atomic E-state index is 10.5. The molecule has 0 saturated carbocycles. The molecule has 0 aromatic heterocycles. The lowest BCUT2D eigenvalue weighted by molar-refractivity contribution is -0.106. The number of aryl methyl sites for hydroxylation is 1. The Hall–Kier alpha value is -2.67. The van der Waals surface area contributed by atoms with Crippen molar-refractivity contribution in [3.8, 4) is 0 Å². The first-order valence-electron chi connectivity index (χ1n) is 11.8. The number of benzene rings is 1. The Morgan fingerprint density at radius 1 is 1.14 bits per heavy atom. The van der Waals surface area contributed by atoms with Crippen molar-refractivity contribution in [2.75, 3.05) is 21.1 Å². The molecule has 0 spiro atoms. The molecule has 0 bridgehead atoms. The molecule has 0 aliphatic heterocycles. The highest BCUT2D eigenvalue weighted by Crippen LogP contribution is 2.02. The van der Waals surface area contributed by atoms with Gasteiger partial charge in [0.05, 0.1) is 5.38 Å². The minimum atomic E-state index is -0.375. The number of nitrogens with two attached hydrogens (primary N) is 2. The molecule has 212 valence electrons. The molecule has 0 saturated heterocycles. The van der Waals surface area contributed by atoms with E-state index >= 15 is 0 Å². The average molecular weight is 558 g/mol. The molecule has 37 heavy (non-hydrogen) atoms. The fourth-order valence-electron chi connectivity index (χ4n) is 1.50. The Labute approximate surface area is 236 Å². The van der Waals surface area contributed by atoms with Crippen LogP contribution < -0.4 is 11.5 Å². The van der Waals surface area contributed by atoms with Crippen molar-refractivity contribution >= 4 is 41.4 Å². The van der Waals surface area contributed by atoms with E-state index < -0.39 is 0 Å². The number of allylic oxidation sites excluding steroid dienone is 5. The zero-order chi connectivity index (χ0) is 30.4. The van der Waals surface area contributed by atoms with Crippen LogP contribution in [0.2, 0.25) is 0 Å². The lowest BCUT2D eigenvalue weighted by Gasteiger charge is -1.95. The lowest BCUT2D eigenvalue weighted by atomic mass is 10.1. The van der Waals surface area contributed by atoms with Crippen LogP contribution in [0.1, 0.15) is 63.9 Å². The number of amidine groups is 1. The molecule has 0 radical (unpaired) electrons. The molecule has 1 atom stereocenters. The Bertz CT molecular complexity index is 794. The third-order valence-corrected chi connectivity index (χ3v) is 3.41. The molecule has 8 heteroatoms. The number of nitrogens with zero attached hydrogens (tertiary/aromatic N) is 2. The summed E-state index contributed by atoms with van der Waals surface area (Å²) in [4.78, 5) is 25.6. The molecule has 0 fully saturated rings. The van der Waals surface area contributed by atoms with Crippen LogP contribution in [-0.4, -0.2) is 49.6 Å². The van der Waals surface area contributed by atoms with Crippen molar-refractivity contribution in [2.45, 2.75) is 60.3 Å². The molecule has 1 aromatic carbocycles. The highest BCUT2D eigenvalue weighted by atomic mass is 35.5. The molecule has 2 amide bonds. The first kappa shape index (κ1) is 44.3. The normalized spacial score (nSPS) is 10.7. The third-order valence-electron chi connectivity index (χ3n) is 2.85. The number of amides is 2. The van der Waals surface area contributed by atoms with Crippen LogP contribution in [0.4, 0.5) is 0 Å². The minimum Gasteiger partial charge on any atom is -0.384 e. The second kappa shape index (κ2) is 33.3. The van der Waals surface area contributed by atoms with E-state index in [1.54, 1.807) is 24.3 Å². The van der Waals surface area contributed by atoms with Gasteiger partial charge >= 0.3 is 0 Å². The van der Waals surface area contributed by atoms with Crippen LogP contribution in [0.25, 0.3) is 0 Å². The van der Waals surface area contributed by atoms with E-state index in [-0.39, 0.29) is 17.1 Å². The van der Waals surface area contributed by atoms with Gasteiger partial charge in [-0.25, -0.2) is 0 Å². The molecular formula is C29H50Cl2N4O2. The second-order valence-corrected chi connectivity index (χ2v) is 8.66. The van der Waals surface area contributed by atoms with Gasteiger partial charge in [0.1, 0.15) is 5.84 Å². The maximum atomic E-state index is 10.5. The summed E-state index contributed by atoms with van der Waals surface area (Å²) in [6, 6.07) is 7.16. The quantitative estimate of drug-likeness (QED) is 0.0959. The van der Waals surface area contributed by atoms with Crippen molar-refractivity contribution in [3.63, 3.8) is 0 Å². The third kappa shape index (κ3) is 51.0. The van der Waals surface area contributed by atoms with Gasteiger partial charge in [0.2, 0.25) is 12.3 Å². The van der Waals surface area contributed by atoms with Gasteiger partial charge in [0.25, 0.3) is 0 Å². The van der Waals surface area contributed by atoms with Crippen LogP contribution in [0.5, 0.6) is 0 Å². The van der Waals surface area contributed by atoms with E-state index in [0.29, 0.717) is 12.0 Å². The predicted molar refractivity (Wildman–Crippen MR) is 168 cm³/mol. The lowest BCUT2D eigenvalue weighted by Crippen LogP contribution is -2.10. The summed E-state index contributed by atoms with van der Waals surface area (Å²) in [7, 11) is 6.00. The number of rotatable bonds is 6. The topological polar surface area (TPSA) is 102 Å². The van der Waals surface area contributed by atoms with Gasteiger partial charge in [-0.1, -0.05) is 74.4 Å². The zero-order valence-corrected chi connectivity index (χ0v) is 26.0. The van der Waals surface area contributed by atoms with Crippen molar-refractivity contribution in [1.29, 1.82) is 0 Å². The molecule has 1 aromatic rings. The van der Waals surface area contributed by atoms with E-state index in [4.69, 9.17) is 34.7 Å². The number of halogens is 2. The van der Waals surface area contributed by atoms with Crippen molar-refractivity contribution < 1.29 is 9.59 Å². The van der Waals surface area contributed by atoms with Gasteiger partial charge in [-0.15, -0.1) is 18.2 Å². The van der Waals surface area contributed by atoms with Crippen LogP contribution in [-0.2, 0) is 4.79 Å². The number of carbonyl (C=O) groups excluding carboxylic acids is 2. The summed E-state index contributed by atoms with van der Waals surface area (Å²) in [5, 5.41) is 0.739. The average Bonchev–Trinajstić information content (AvgIpc) is 2.79. The smallest absolute Gasteiger partial charge is 0.248 e. The Morgan fingerprint density at radius 3 is 1.78 bits per heavy atom. The Kier molecular flexibility index (Phi) is 39.9. The fourth-order valence-corrected chi connectivity index (χ4v) is 1.76. The number of primary amides is 1. The van der Waals surface area contributed by atoms with Gasteiger partial charge in [0.15, 0.2) is 0 Å². The number of carbonyl (C=O) groups is 2. The van der Waals surface area contributed by atoms with Crippen molar-refractivity contribution in [3.05, 3.63) is 83.5 Å². The van der Waals surface area contributed by atoms with Gasteiger partial charge in [-0.05, 0) is 79.5 Å². The number of alkyl halides is 1. The standard InChI is InChI=1S/C8H9NO.C7H11ClN2O.C6H9Cl.C3H9N.C3H6.C2H6/c1-6-2-4-7(5-3-6)8(9)10;1-2-6(8)3-4-7(9)10-5-11;1-5(2)4-6(3)7;1-4(2)3;1-3-2;1-2/h2-5H,1H3,(H2,9,10);3-6H,2H2,1H3,(H2,9,10,11);4H,1H2,2-3H3;1-3H3;3H,1H2,2H3;1-2H3/b;4-3-;6-4+;;;. The summed E-state index contributed by atoms with van der Waals surface area (Å²) in [6.07, 6.45) is 8.02. The number of hydrogen-bond donors (Lipinski definition) is 2. The molecule has 6 nitrogen and oxygen atoms in total. The van der Waals surface area contributed by atoms with E-state index in [1.807, 2.05) is 92.7 Å². The summed E-state index contributed by atoms with van der Waals surface area (Å²) in [6.45, 7) is 20.5. The van der Waals surface area contributed by atoms with E-state index in [1.165, 1.54) is 6.08 Å². The highest BCUT2D eigenvalue weighted by Gasteiger charge is 1.96. The first-order valence-corrected chi connectivity index (χ1v) is 12.6. The molecule has 0 aliphatic carbocycles. The largest absolute Gasteiger partial charge is 0.384 e. The van der Waals surface area contributed by atoms with E-state index in [9.17, 15) is 9.59 Å². The molecule has 0 heterocycles. The predicted octanol–water partition coefficient (Wildman–Crippen LogP) is 7.27. The maximum Gasteiger partial charge on any atom is 0.248 e. The molecule has 1 rings (SSSR count). The van der Waals surface area contributed by atoms with E-state index in [2.05, 4.69) is 18.2 Å². The van der Waals surface area contributed by atoms with Crippen molar-refractivity contribution in [2.24, 2.45) is 16.5 Å². The molecular weight excluding hydrogens is 507 g/mol. The summed E-state index contributed by atoms with van der Waals surface area (Å²) in [5.41, 5.74) is 13.0. The zero-order valence-electron chi connectivity index (χ0n) is 24.5. The Morgan fingerprint density at radius 2 is 1.54 bits per heavy atom. The molecule has 4 N–H and O–H groups in total. The van der Waals surface area contributed by atoms with Gasteiger partial charge in [-0.3, -0.25) is 9.59 Å². The summed E-state index contributed by atoms with van der Waals surface area (Å²) in [5.74, 6) is -0.195. The van der Waals surface area contributed by atoms with Gasteiger partial charge < -0.3 is 16.4 Å². The first-order chi connectivity index (χ1) is 17.2. The number of hydrogen-bond acceptors (Lipinski definition) is 3. The SMILES string of the molecule is C=C(C)/C=C(\C)Cl.C=CC.CC.CCC(Cl)/C=C\C(N)=NC=O.CN(C)C.Cc1ccc(C(N)=O)cc1. The fraction of sp³-hybridized carbons (Fsp3) is 0.414. The van der Waals surface area contributed by atoms with Crippen LogP contribution in [0, 0.1) is 6.92 Å². The monoisotopic (exact) mass is 556 g/mol. The summed E-state index contributed by atoms with van der Waals surface area (Å²) >= 11 is 11.2. The number of aliphatic imine (C=N–C) groups is 1. The van der Waals surface area contributed by atoms with Crippen LogP contribution in [0.3, 0.4) is 0 Å². The van der Waals surface area contributed by atoms with E-state index in [0.717, 1.165) is 22.6 Å². The molecule has 0 aliphatic rings. The molecule has 1 unspecified atom stereocenters. The van der Waals surface area contributed by atoms with Gasteiger partial charge in [-0.2, -0.15) is 4.99 Å².